The Balaban J connectivity index is 1.59. The number of rotatable bonds is 3. The van der Waals surface area contributed by atoms with E-state index in [-0.39, 0.29) is 0 Å². The van der Waals surface area contributed by atoms with Gasteiger partial charge in [0.1, 0.15) is 0 Å². The van der Waals surface area contributed by atoms with Crippen LogP contribution >= 0.6 is 0 Å². The second-order valence-corrected chi connectivity index (χ2v) is 8.50. The maximum absolute atomic E-state index is 12.8. The third-order valence-electron chi connectivity index (χ3n) is 5.17. The molecule has 2 aromatic carbocycles. The van der Waals surface area contributed by atoms with Gasteiger partial charge in [0.05, 0.1) is 4.90 Å². The number of hydrogen-bond acceptors (Lipinski definition) is 2. The molecule has 120 valence electrons. The third-order valence-corrected chi connectivity index (χ3v) is 7.02. The lowest BCUT2D eigenvalue weighted by molar-refractivity contribution is 0.389. The molecule has 1 heterocycles. The van der Waals surface area contributed by atoms with Crippen molar-refractivity contribution in [3.63, 3.8) is 0 Å². The van der Waals surface area contributed by atoms with E-state index in [9.17, 15) is 8.42 Å². The molecule has 1 saturated carbocycles. The largest absolute Gasteiger partial charge is 0.243 e. The minimum absolute atomic E-state index is 0.384. The summed E-state index contributed by atoms with van der Waals surface area (Å²) in [6.07, 6.45) is 4.74. The van der Waals surface area contributed by atoms with Gasteiger partial charge in [0.15, 0.2) is 0 Å². The number of fused-ring (bicyclic) bond motifs is 1. The molecule has 0 radical (unpaired) electrons. The first-order valence-electron chi connectivity index (χ1n) is 8.31. The quantitative estimate of drug-likeness (QED) is 0.862. The van der Waals surface area contributed by atoms with Gasteiger partial charge < -0.3 is 0 Å². The molecule has 2 aliphatic rings. The molecule has 1 aliphatic heterocycles. The lowest BCUT2D eigenvalue weighted by Gasteiger charge is -2.31. The van der Waals surface area contributed by atoms with Crippen LogP contribution < -0.4 is 0 Å². The molecule has 0 bridgehead atoms. The smallest absolute Gasteiger partial charge is 0.207 e. The molecule has 0 saturated heterocycles. The van der Waals surface area contributed by atoms with Crippen LogP contribution in [-0.2, 0) is 23.0 Å². The standard InChI is InChI=1S/C19H21NO2S/c21-23(22,19-7-2-1-3-8-19)20-12-11-17-13-16(15-5-4-6-15)9-10-18(17)14-20/h1-3,7-10,13,15H,4-6,11-12,14H2. The summed E-state index contributed by atoms with van der Waals surface area (Å²) in [6, 6.07) is 15.4. The second kappa shape index (κ2) is 5.77. The molecule has 0 N–H and O–H groups in total. The highest BCUT2D eigenvalue weighted by Gasteiger charge is 2.29. The lowest BCUT2D eigenvalue weighted by Crippen LogP contribution is -2.36. The van der Waals surface area contributed by atoms with Crippen molar-refractivity contribution in [3.05, 3.63) is 65.2 Å². The van der Waals surface area contributed by atoms with Crippen molar-refractivity contribution in [2.75, 3.05) is 6.54 Å². The molecule has 0 atom stereocenters. The van der Waals surface area contributed by atoms with Crippen LogP contribution in [0.1, 0.15) is 41.9 Å². The fourth-order valence-corrected chi connectivity index (χ4v) is 4.93. The maximum Gasteiger partial charge on any atom is 0.243 e. The number of hydrogen-bond donors (Lipinski definition) is 0. The Bertz CT molecular complexity index is 811. The molecular formula is C19H21NO2S. The zero-order valence-corrected chi connectivity index (χ0v) is 13.9. The van der Waals surface area contributed by atoms with E-state index in [0.29, 0.717) is 18.0 Å². The predicted molar refractivity (Wildman–Crippen MR) is 90.8 cm³/mol. The van der Waals surface area contributed by atoms with Crippen molar-refractivity contribution in [3.8, 4) is 0 Å². The average Bonchev–Trinajstić information content (AvgIpc) is 2.53. The molecule has 4 heteroatoms. The van der Waals surface area contributed by atoms with Gasteiger partial charge in [0, 0.05) is 13.1 Å². The maximum atomic E-state index is 12.8. The van der Waals surface area contributed by atoms with Crippen molar-refractivity contribution in [1.29, 1.82) is 0 Å². The summed E-state index contributed by atoms with van der Waals surface area (Å²) in [5.41, 5.74) is 3.92. The van der Waals surface area contributed by atoms with Crippen molar-refractivity contribution in [2.24, 2.45) is 0 Å². The topological polar surface area (TPSA) is 37.4 Å². The molecule has 3 nitrogen and oxygen atoms in total. The molecule has 4 rings (SSSR count). The molecule has 1 aliphatic carbocycles. The summed E-state index contributed by atoms with van der Waals surface area (Å²) in [6.45, 7) is 1.05. The van der Waals surface area contributed by atoms with Gasteiger partial charge >= 0.3 is 0 Å². The molecule has 0 aromatic heterocycles. The Labute approximate surface area is 138 Å². The Morgan fingerprint density at radius 3 is 2.43 bits per heavy atom. The molecule has 1 fully saturated rings. The van der Waals surface area contributed by atoms with Crippen molar-refractivity contribution < 1.29 is 8.42 Å². The molecule has 0 spiro atoms. The van der Waals surface area contributed by atoms with Gasteiger partial charge in [0.2, 0.25) is 10.0 Å². The van der Waals surface area contributed by atoms with E-state index in [1.807, 2.05) is 6.07 Å². The van der Waals surface area contributed by atoms with Crippen LogP contribution in [0.15, 0.2) is 53.4 Å². The van der Waals surface area contributed by atoms with Crippen LogP contribution in [0.25, 0.3) is 0 Å². The van der Waals surface area contributed by atoms with Crippen LogP contribution in [0, 0.1) is 0 Å². The molecule has 0 amide bonds. The van der Waals surface area contributed by atoms with E-state index < -0.39 is 10.0 Å². The van der Waals surface area contributed by atoms with Crippen LogP contribution in [-0.4, -0.2) is 19.3 Å². The minimum atomic E-state index is -3.39. The summed E-state index contributed by atoms with van der Waals surface area (Å²) >= 11 is 0. The van der Waals surface area contributed by atoms with Crippen molar-refractivity contribution in [2.45, 2.75) is 43.0 Å². The highest BCUT2D eigenvalue weighted by molar-refractivity contribution is 7.89. The Morgan fingerprint density at radius 1 is 0.957 bits per heavy atom. The average molecular weight is 327 g/mol. The van der Waals surface area contributed by atoms with E-state index >= 15 is 0 Å². The SMILES string of the molecule is O=S(=O)(c1ccccc1)N1CCc2cc(C3CCC3)ccc2C1. The number of sulfonamides is 1. The van der Waals surface area contributed by atoms with E-state index in [1.165, 1.54) is 30.4 Å². The first-order chi connectivity index (χ1) is 11.1. The van der Waals surface area contributed by atoms with E-state index in [2.05, 4.69) is 18.2 Å². The van der Waals surface area contributed by atoms with Gasteiger partial charge in [0.25, 0.3) is 0 Å². The molecule has 0 unspecified atom stereocenters. The summed E-state index contributed by atoms with van der Waals surface area (Å²) in [5.74, 6) is 0.728. The summed E-state index contributed by atoms with van der Waals surface area (Å²) in [4.78, 5) is 0.384. The first kappa shape index (κ1) is 14.9. The van der Waals surface area contributed by atoms with Crippen LogP contribution in [0.2, 0.25) is 0 Å². The Morgan fingerprint density at radius 2 is 1.74 bits per heavy atom. The van der Waals surface area contributed by atoms with Crippen LogP contribution in [0.3, 0.4) is 0 Å². The minimum Gasteiger partial charge on any atom is -0.207 e. The zero-order valence-electron chi connectivity index (χ0n) is 13.1. The van der Waals surface area contributed by atoms with Gasteiger partial charge in [-0.2, -0.15) is 4.31 Å². The molecule has 2 aromatic rings. The number of nitrogens with zero attached hydrogens (tertiary/aromatic N) is 1. The second-order valence-electron chi connectivity index (χ2n) is 6.56. The Hall–Kier alpha value is -1.65. The van der Waals surface area contributed by atoms with Gasteiger partial charge in [-0.3, -0.25) is 0 Å². The van der Waals surface area contributed by atoms with Crippen molar-refractivity contribution in [1.82, 2.24) is 4.31 Å². The van der Waals surface area contributed by atoms with Gasteiger partial charge in [-0.25, -0.2) is 8.42 Å². The van der Waals surface area contributed by atoms with Crippen LogP contribution in [0.5, 0.6) is 0 Å². The first-order valence-corrected chi connectivity index (χ1v) is 9.75. The lowest BCUT2D eigenvalue weighted by atomic mass is 9.79. The Kier molecular flexibility index (Phi) is 3.74. The third kappa shape index (κ3) is 2.70. The highest BCUT2D eigenvalue weighted by atomic mass is 32.2. The van der Waals surface area contributed by atoms with Crippen LogP contribution in [0.4, 0.5) is 0 Å². The predicted octanol–water partition coefficient (Wildman–Crippen LogP) is 3.70. The van der Waals surface area contributed by atoms with E-state index in [0.717, 1.165) is 17.9 Å². The van der Waals surface area contributed by atoms with Gasteiger partial charge in [-0.05, 0) is 54.0 Å². The summed E-state index contributed by atoms with van der Waals surface area (Å²) < 4.78 is 27.1. The van der Waals surface area contributed by atoms with E-state index in [1.54, 1.807) is 28.6 Å². The normalized spacial score (nSPS) is 19.1. The monoisotopic (exact) mass is 327 g/mol. The molecule has 23 heavy (non-hydrogen) atoms. The van der Waals surface area contributed by atoms with E-state index in [4.69, 9.17) is 0 Å². The fraction of sp³-hybridized carbons (Fsp3) is 0.368. The van der Waals surface area contributed by atoms with Gasteiger partial charge in [-0.1, -0.05) is 42.8 Å². The summed E-state index contributed by atoms with van der Waals surface area (Å²) in [5, 5.41) is 0. The number of benzene rings is 2. The van der Waals surface area contributed by atoms with Gasteiger partial charge in [-0.15, -0.1) is 0 Å². The fourth-order valence-electron chi connectivity index (χ4n) is 3.49. The van der Waals surface area contributed by atoms with Crippen molar-refractivity contribution >= 4 is 10.0 Å². The highest BCUT2D eigenvalue weighted by Crippen LogP contribution is 2.37. The molecular weight excluding hydrogens is 306 g/mol. The zero-order chi connectivity index (χ0) is 15.9. The summed E-state index contributed by atoms with van der Waals surface area (Å²) in [7, 11) is -3.39.